The van der Waals surface area contributed by atoms with Crippen LogP contribution >= 0.6 is 11.8 Å². The second-order valence-corrected chi connectivity index (χ2v) is 6.29. The largest absolute Gasteiger partial charge is 0.478 e. The fourth-order valence-corrected chi connectivity index (χ4v) is 3.84. The molecule has 6 nitrogen and oxygen atoms in total. The maximum Gasteiger partial charge on any atom is 0.335 e. The molecule has 2 N–H and O–H groups in total. The zero-order valence-electron chi connectivity index (χ0n) is 11.2. The Bertz CT molecular complexity index is 818. The summed E-state index contributed by atoms with van der Waals surface area (Å²) in [6.07, 6.45) is 1.00. The van der Waals surface area contributed by atoms with Crippen molar-refractivity contribution in [3.05, 3.63) is 44.5 Å². The Morgan fingerprint density at radius 2 is 2.24 bits per heavy atom. The summed E-state index contributed by atoms with van der Waals surface area (Å²) in [6, 6.07) is 4.39. The molecular formula is C14H14N2O4S. The van der Waals surface area contributed by atoms with Crippen molar-refractivity contribution < 1.29 is 9.90 Å². The number of carboxylic acid groups (broad SMARTS) is 1. The lowest BCUT2D eigenvalue weighted by Crippen LogP contribution is -2.37. The minimum atomic E-state index is -1.06. The maximum atomic E-state index is 12.1. The molecule has 2 heterocycles. The first kappa shape index (κ1) is 13.9. The third-order valence-corrected chi connectivity index (χ3v) is 4.92. The standard InChI is InChI=1S/C14H14N2O4S/c17-12-13(18)16(6-8-3-4-21-7-8)11-5-9(14(19)20)1-2-10(11)15-12/h1-2,5,8H,3-4,6-7H2,(H,15,17)(H,19,20). The third-order valence-electron chi connectivity index (χ3n) is 3.69. The van der Waals surface area contributed by atoms with Gasteiger partial charge in [-0.1, -0.05) is 0 Å². The van der Waals surface area contributed by atoms with Gasteiger partial charge in [0.25, 0.3) is 0 Å². The summed E-state index contributed by atoms with van der Waals surface area (Å²) < 4.78 is 1.41. The predicted molar refractivity (Wildman–Crippen MR) is 81.2 cm³/mol. The number of aromatic nitrogens is 2. The van der Waals surface area contributed by atoms with Gasteiger partial charge in [-0.15, -0.1) is 0 Å². The molecule has 1 aliphatic heterocycles. The van der Waals surface area contributed by atoms with Crippen molar-refractivity contribution >= 4 is 28.8 Å². The second-order valence-electron chi connectivity index (χ2n) is 5.14. The van der Waals surface area contributed by atoms with E-state index >= 15 is 0 Å². The molecule has 2 aromatic rings. The fraction of sp³-hybridized carbons (Fsp3) is 0.357. The Hall–Kier alpha value is -2.02. The van der Waals surface area contributed by atoms with Crippen LogP contribution < -0.4 is 11.1 Å². The summed E-state index contributed by atoms with van der Waals surface area (Å²) in [5.41, 5.74) is -0.242. The lowest BCUT2D eigenvalue weighted by Gasteiger charge is -2.14. The number of fused-ring (bicyclic) bond motifs is 1. The Kier molecular flexibility index (Phi) is 3.59. The molecular weight excluding hydrogens is 292 g/mol. The average molecular weight is 306 g/mol. The Balaban J connectivity index is 2.20. The van der Waals surface area contributed by atoms with E-state index in [-0.39, 0.29) is 5.56 Å². The minimum Gasteiger partial charge on any atom is -0.478 e. The molecule has 1 aliphatic rings. The smallest absolute Gasteiger partial charge is 0.335 e. The van der Waals surface area contributed by atoms with Crippen LogP contribution in [-0.4, -0.2) is 32.1 Å². The lowest BCUT2D eigenvalue weighted by atomic mass is 10.1. The fourth-order valence-electron chi connectivity index (χ4n) is 2.57. The van der Waals surface area contributed by atoms with E-state index in [1.807, 2.05) is 11.8 Å². The third kappa shape index (κ3) is 2.61. The quantitative estimate of drug-likeness (QED) is 0.830. The first-order valence-corrected chi connectivity index (χ1v) is 7.79. The first-order valence-electron chi connectivity index (χ1n) is 6.64. The van der Waals surface area contributed by atoms with Crippen LogP contribution in [0.4, 0.5) is 0 Å². The number of hydrogen-bond donors (Lipinski definition) is 2. The van der Waals surface area contributed by atoms with Crippen molar-refractivity contribution in [2.45, 2.75) is 13.0 Å². The number of rotatable bonds is 3. The summed E-state index contributed by atoms with van der Waals surface area (Å²) in [4.78, 5) is 37.4. The van der Waals surface area contributed by atoms with E-state index in [4.69, 9.17) is 5.11 Å². The molecule has 1 saturated heterocycles. The van der Waals surface area contributed by atoms with Gasteiger partial charge in [-0.3, -0.25) is 9.59 Å². The summed E-state index contributed by atoms with van der Waals surface area (Å²) in [7, 11) is 0. The highest BCUT2D eigenvalue weighted by Crippen LogP contribution is 2.25. The number of aromatic carboxylic acids is 1. The highest BCUT2D eigenvalue weighted by atomic mass is 32.2. The number of benzene rings is 1. The number of H-pyrrole nitrogens is 1. The van der Waals surface area contributed by atoms with Gasteiger partial charge in [0.2, 0.25) is 0 Å². The molecule has 110 valence electrons. The molecule has 1 unspecified atom stereocenters. The van der Waals surface area contributed by atoms with Crippen molar-refractivity contribution in [1.29, 1.82) is 0 Å². The normalized spacial score (nSPS) is 18.2. The van der Waals surface area contributed by atoms with Crippen molar-refractivity contribution in [3.8, 4) is 0 Å². The van der Waals surface area contributed by atoms with Crippen LogP contribution in [0.5, 0.6) is 0 Å². The monoisotopic (exact) mass is 306 g/mol. The predicted octanol–water partition coefficient (Wildman–Crippen LogP) is 1.14. The first-order chi connectivity index (χ1) is 10.1. The summed E-state index contributed by atoms with van der Waals surface area (Å²) >= 11 is 1.83. The van der Waals surface area contributed by atoms with Gasteiger partial charge >= 0.3 is 17.1 Å². The number of thioether (sulfide) groups is 1. The highest BCUT2D eigenvalue weighted by molar-refractivity contribution is 7.99. The summed E-state index contributed by atoms with van der Waals surface area (Å²) in [5.74, 6) is 1.30. The SMILES string of the molecule is O=C(O)c1ccc2[nH]c(=O)c(=O)n(CC3CCSC3)c2c1. The van der Waals surface area contributed by atoms with E-state index in [2.05, 4.69) is 4.98 Å². The molecule has 0 aliphatic carbocycles. The summed E-state index contributed by atoms with van der Waals surface area (Å²) in [5, 5.41) is 9.08. The lowest BCUT2D eigenvalue weighted by molar-refractivity contribution is 0.0697. The van der Waals surface area contributed by atoms with Crippen LogP contribution in [0.3, 0.4) is 0 Å². The number of aromatic amines is 1. The molecule has 1 aromatic heterocycles. The van der Waals surface area contributed by atoms with E-state index < -0.39 is 17.1 Å². The Morgan fingerprint density at radius 1 is 1.43 bits per heavy atom. The molecule has 0 radical (unpaired) electrons. The average Bonchev–Trinajstić information content (AvgIpc) is 2.96. The van der Waals surface area contributed by atoms with Crippen LogP contribution in [0.1, 0.15) is 16.8 Å². The van der Waals surface area contributed by atoms with Crippen LogP contribution in [0, 0.1) is 5.92 Å². The molecule has 0 spiro atoms. The van der Waals surface area contributed by atoms with E-state index in [0.717, 1.165) is 17.9 Å². The number of hydrogen-bond acceptors (Lipinski definition) is 4. The van der Waals surface area contributed by atoms with Crippen molar-refractivity contribution in [3.63, 3.8) is 0 Å². The van der Waals surface area contributed by atoms with Gasteiger partial charge in [-0.2, -0.15) is 11.8 Å². The van der Waals surface area contributed by atoms with Crippen LogP contribution in [0.25, 0.3) is 11.0 Å². The molecule has 3 rings (SSSR count). The summed E-state index contributed by atoms with van der Waals surface area (Å²) in [6.45, 7) is 0.454. The number of carboxylic acids is 1. The zero-order valence-corrected chi connectivity index (χ0v) is 12.0. The highest BCUT2D eigenvalue weighted by Gasteiger charge is 2.19. The number of nitrogens with zero attached hydrogens (tertiary/aromatic N) is 1. The molecule has 1 aromatic carbocycles. The van der Waals surface area contributed by atoms with Crippen molar-refractivity contribution in [2.75, 3.05) is 11.5 Å². The topological polar surface area (TPSA) is 92.2 Å². The van der Waals surface area contributed by atoms with Gasteiger partial charge in [0.15, 0.2) is 0 Å². The van der Waals surface area contributed by atoms with Crippen molar-refractivity contribution in [1.82, 2.24) is 9.55 Å². The number of carbonyl (C=O) groups is 1. The van der Waals surface area contributed by atoms with Gasteiger partial charge in [0, 0.05) is 6.54 Å². The van der Waals surface area contributed by atoms with Crippen LogP contribution in [0.2, 0.25) is 0 Å². The zero-order chi connectivity index (χ0) is 15.0. The van der Waals surface area contributed by atoms with Gasteiger partial charge in [0.1, 0.15) is 0 Å². The maximum absolute atomic E-state index is 12.1. The molecule has 0 bridgehead atoms. The minimum absolute atomic E-state index is 0.100. The van der Waals surface area contributed by atoms with Gasteiger partial charge in [0.05, 0.1) is 16.6 Å². The molecule has 1 fully saturated rings. The molecule has 0 amide bonds. The molecule has 21 heavy (non-hydrogen) atoms. The molecule has 7 heteroatoms. The Morgan fingerprint density at radius 3 is 2.90 bits per heavy atom. The van der Waals surface area contributed by atoms with E-state index in [0.29, 0.717) is 23.5 Å². The van der Waals surface area contributed by atoms with Crippen molar-refractivity contribution in [2.24, 2.45) is 5.92 Å². The molecule has 1 atom stereocenters. The van der Waals surface area contributed by atoms with Gasteiger partial charge in [-0.25, -0.2) is 4.79 Å². The van der Waals surface area contributed by atoms with E-state index in [1.165, 1.54) is 22.8 Å². The van der Waals surface area contributed by atoms with E-state index in [9.17, 15) is 14.4 Å². The van der Waals surface area contributed by atoms with Crippen LogP contribution in [0.15, 0.2) is 27.8 Å². The molecule has 0 saturated carbocycles. The number of nitrogens with one attached hydrogen (secondary N) is 1. The van der Waals surface area contributed by atoms with Crippen LogP contribution in [-0.2, 0) is 6.54 Å². The van der Waals surface area contributed by atoms with Gasteiger partial charge in [-0.05, 0) is 42.0 Å². The second kappa shape index (κ2) is 5.40. The van der Waals surface area contributed by atoms with Gasteiger partial charge < -0.3 is 14.7 Å². The Labute approximate surface area is 123 Å². The van der Waals surface area contributed by atoms with E-state index in [1.54, 1.807) is 0 Å².